The molecule has 1 rings (SSSR count). The molecule has 0 bridgehead atoms. The molecule has 0 saturated carbocycles. The Balaban J connectivity index is 2.59. The van der Waals surface area contributed by atoms with Crippen LogP contribution in [-0.4, -0.2) is 6.67 Å². The number of halogens is 1. The van der Waals surface area contributed by atoms with Crippen molar-refractivity contribution in [1.29, 1.82) is 0 Å². The standard InChI is InChI=1S/C10H13F/c11-9-10-7-5-3-1-2-4-6-8-10/h3-7H,1-2,8-9H2/b5-3-,6-4+,10-7+. The summed E-state index contributed by atoms with van der Waals surface area (Å²) in [4.78, 5) is 0. The highest BCUT2D eigenvalue weighted by Crippen LogP contribution is 2.07. The van der Waals surface area contributed by atoms with Crippen LogP contribution < -0.4 is 0 Å². The Morgan fingerprint density at radius 2 is 2.00 bits per heavy atom. The summed E-state index contributed by atoms with van der Waals surface area (Å²) in [6.45, 7) is -0.325. The van der Waals surface area contributed by atoms with E-state index in [4.69, 9.17) is 0 Å². The zero-order valence-corrected chi connectivity index (χ0v) is 6.59. The van der Waals surface area contributed by atoms with Crippen molar-refractivity contribution in [2.75, 3.05) is 6.67 Å². The van der Waals surface area contributed by atoms with Gasteiger partial charge in [-0.1, -0.05) is 30.4 Å². The Labute approximate surface area is 67.1 Å². The fourth-order valence-corrected chi connectivity index (χ4v) is 1.01. The van der Waals surface area contributed by atoms with Gasteiger partial charge < -0.3 is 0 Å². The van der Waals surface area contributed by atoms with Crippen molar-refractivity contribution in [2.24, 2.45) is 0 Å². The molecule has 0 aromatic heterocycles. The fourth-order valence-electron chi connectivity index (χ4n) is 1.01. The molecule has 11 heavy (non-hydrogen) atoms. The molecule has 0 aliphatic heterocycles. The van der Waals surface area contributed by atoms with E-state index in [9.17, 15) is 4.39 Å². The molecule has 1 aliphatic carbocycles. The molecule has 0 radical (unpaired) electrons. The number of hydrogen-bond acceptors (Lipinski definition) is 0. The van der Waals surface area contributed by atoms with Crippen LogP contribution in [0.1, 0.15) is 19.3 Å². The second-order valence-corrected chi connectivity index (χ2v) is 2.64. The van der Waals surface area contributed by atoms with E-state index in [0.29, 0.717) is 0 Å². The van der Waals surface area contributed by atoms with Gasteiger partial charge in [-0.2, -0.15) is 0 Å². The predicted octanol–water partition coefficient (Wildman–Crippen LogP) is 3.18. The molecule has 0 spiro atoms. The number of rotatable bonds is 1. The summed E-state index contributed by atoms with van der Waals surface area (Å²) in [6, 6.07) is 0. The van der Waals surface area contributed by atoms with Crippen LogP contribution in [0.25, 0.3) is 0 Å². The van der Waals surface area contributed by atoms with E-state index in [1.165, 1.54) is 0 Å². The van der Waals surface area contributed by atoms with Crippen LogP contribution in [-0.2, 0) is 0 Å². The molecule has 0 N–H and O–H groups in total. The van der Waals surface area contributed by atoms with Crippen molar-refractivity contribution < 1.29 is 4.39 Å². The molecule has 1 heteroatoms. The first-order valence-corrected chi connectivity index (χ1v) is 3.99. The third-order valence-corrected chi connectivity index (χ3v) is 1.69. The molecule has 0 aromatic carbocycles. The molecule has 0 nitrogen and oxygen atoms in total. The lowest BCUT2D eigenvalue weighted by atomic mass is 10.2. The molecule has 60 valence electrons. The fraction of sp³-hybridized carbons (Fsp3) is 0.400. The van der Waals surface area contributed by atoms with Crippen LogP contribution in [0.15, 0.2) is 36.0 Å². The van der Waals surface area contributed by atoms with Gasteiger partial charge in [0.05, 0.1) is 0 Å². The Kier molecular flexibility index (Phi) is 3.67. The maximum Gasteiger partial charge on any atom is 0.111 e. The minimum atomic E-state index is -0.325. The largest absolute Gasteiger partial charge is 0.246 e. The van der Waals surface area contributed by atoms with E-state index in [1.54, 1.807) is 0 Å². The van der Waals surface area contributed by atoms with Gasteiger partial charge in [0, 0.05) is 0 Å². The van der Waals surface area contributed by atoms with Gasteiger partial charge in [-0.3, -0.25) is 0 Å². The average molecular weight is 152 g/mol. The minimum Gasteiger partial charge on any atom is -0.246 e. The van der Waals surface area contributed by atoms with Crippen molar-refractivity contribution in [2.45, 2.75) is 19.3 Å². The highest BCUT2D eigenvalue weighted by Gasteiger charge is 1.92. The Morgan fingerprint density at radius 1 is 1.18 bits per heavy atom. The second-order valence-electron chi connectivity index (χ2n) is 2.64. The van der Waals surface area contributed by atoms with Gasteiger partial charge in [-0.15, -0.1) is 0 Å². The Bertz CT molecular complexity index is 187. The predicted molar refractivity (Wildman–Crippen MR) is 46.2 cm³/mol. The first-order valence-electron chi connectivity index (χ1n) is 3.99. The Hall–Kier alpha value is -0.850. The molecule has 0 atom stereocenters. The molecule has 0 aromatic rings. The van der Waals surface area contributed by atoms with Crippen LogP contribution in [0.4, 0.5) is 4.39 Å². The molecule has 0 unspecified atom stereocenters. The number of allylic oxidation sites excluding steroid dienone is 6. The van der Waals surface area contributed by atoms with E-state index in [2.05, 4.69) is 12.2 Å². The van der Waals surface area contributed by atoms with Crippen LogP contribution in [0.3, 0.4) is 0 Å². The third kappa shape index (κ3) is 3.17. The summed E-state index contributed by atoms with van der Waals surface area (Å²) in [5.41, 5.74) is 0.861. The summed E-state index contributed by atoms with van der Waals surface area (Å²) in [6.07, 6.45) is 12.9. The van der Waals surface area contributed by atoms with Crippen LogP contribution in [0, 0.1) is 0 Å². The van der Waals surface area contributed by atoms with Crippen LogP contribution >= 0.6 is 0 Å². The maximum atomic E-state index is 12.2. The third-order valence-electron chi connectivity index (χ3n) is 1.69. The van der Waals surface area contributed by atoms with Crippen LogP contribution in [0.2, 0.25) is 0 Å². The van der Waals surface area contributed by atoms with Crippen molar-refractivity contribution in [1.82, 2.24) is 0 Å². The highest BCUT2D eigenvalue weighted by atomic mass is 19.1. The summed E-state index contributed by atoms with van der Waals surface area (Å²) in [5.74, 6) is 0. The summed E-state index contributed by atoms with van der Waals surface area (Å²) < 4.78 is 12.2. The van der Waals surface area contributed by atoms with Crippen molar-refractivity contribution in [3.8, 4) is 0 Å². The van der Waals surface area contributed by atoms with E-state index in [1.807, 2.05) is 18.2 Å². The van der Waals surface area contributed by atoms with Crippen LogP contribution in [0.5, 0.6) is 0 Å². The van der Waals surface area contributed by atoms with E-state index >= 15 is 0 Å². The molecule has 0 heterocycles. The quantitative estimate of drug-likeness (QED) is 0.506. The molecular formula is C10H13F. The van der Waals surface area contributed by atoms with Gasteiger partial charge in [0.1, 0.15) is 6.67 Å². The number of hydrogen-bond donors (Lipinski definition) is 0. The lowest BCUT2D eigenvalue weighted by molar-refractivity contribution is 0.538. The molecule has 0 amide bonds. The van der Waals surface area contributed by atoms with E-state index < -0.39 is 0 Å². The summed E-state index contributed by atoms with van der Waals surface area (Å²) in [5, 5.41) is 0. The van der Waals surface area contributed by atoms with Gasteiger partial charge in [0.15, 0.2) is 0 Å². The van der Waals surface area contributed by atoms with Crippen molar-refractivity contribution >= 4 is 0 Å². The first-order chi connectivity index (χ1) is 5.43. The van der Waals surface area contributed by atoms with Gasteiger partial charge in [0.2, 0.25) is 0 Å². The lowest BCUT2D eigenvalue weighted by Crippen LogP contribution is -1.81. The normalized spacial score (nSPS) is 29.0. The van der Waals surface area contributed by atoms with Gasteiger partial charge in [-0.05, 0) is 24.8 Å². The molecule has 0 fully saturated rings. The summed E-state index contributed by atoms with van der Waals surface area (Å²) in [7, 11) is 0. The second kappa shape index (κ2) is 4.89. The van der Waals surface area contributed by atoms with Crippen molar-refractivity contribution in [3.05, 3.63) is 36.0 Å². The first kappa shape index (κ1) is 8.25. The smallest absolute Gasteiger partial charge is 0.111 e. The van der Waals surface area contributed by atoms with Gasteiger partial charge in [-0.25, -0.2) is 4.39 Å². The van der Waals surface area contributed by atoms with Crippen molar-refractivity contribution in [3.63, 3.8) is 0 Å². The molecule has 1 aliphatic rings. The lowest BCUT2D eigenvalue weighted by Gasteiger charge is -1.93. The zero-order chi connectivity index (χ0) is 7.94. The monoisotopic (exact) mass is 152 g/mol. The minimum absolute atomic E-state index is 0.325. The highest BCUT2D eigenvalue weighted by molar-refractivity contribution is 5.17. The van der Waals surface area contributed by atoms with Gasteiger partial charge in [0.25, 0.3) is 0 Å². The van der Waals surface area contributed by atoms with Gasteiger partial charge >= 0.3 is 0 Å². The van der Waals surface area contributed by atoms with E-state index in [0.717, 1.165) is 24.8 Å². The molecular weight excluding hydrogens is 139 g/mol. The van der Waals surface area contributed by atoms with E-state index in [-0.39, 0.29) is 6.67 Å². The Morgan fingerprint density at radius 3 is 2.82 bits per heavy atom. The topological polar surface area (TPSA) is 0 Å². The maximum absolute atomic E-state index is 12.2. The molecule has 0 saturated heterocycles. The number of alkyl halides is 1. The average Bonchev–Trinajstić information content (AvgIpc) is 2.16. The summed E-state index contributed by atoms with van der Waals surface area (Å²) >= 11 is 0. The zero-order valence-electron chi connectivity index (χ0n) is 6.59. The SMILES string of the molecule is FC/C1=C/C=C\CC/C=C/C1.